The van der Waals surface area contributed by atoms with Crippen molar-refractivity contribution in [1.82, 2.24) is 0 Å². The summed E-state index contributed by atoms with van der Waals surface area (Å²) in [6.45, 7) is 4.07. The quantitative estimate of drug-likeness (QED) is 0.0971. The van der Waals surface area contributed by atoms with E-state index in [9.17, 15) is 14.4 Å². The SMILES string of the molecule is CCOC(=O)c1ccc(-c2c(C(F)(F)F)c(-c3ccc(C(=O)OCC)cc3)c(C(F)(F)F)c(-c3ccc(C(=O)OCC)cc3)c2C(F)(F)F)cc1. The fraction of sp³-hybridized carbons (Fsp3) is 0.250. The summed E-state index contributed by atoms with van der Waals surface area (Å²) in [5.41, 5.74) is -15.0. The van der Waals surface area contributed by atoms with Crippen molar-refractivity contribution in [2.75, 3.05) is 19.8 Å². The summed E-state index contributed by atoms with van der Waals surface area (Å²) < 4.78 is 152. The molecule has 4 aromatic rings. The third kappa shape index (κ3) is 8.18. The van der Waals surface area contributed by atoms with Gasteiger partial charge in [-0.25, -0.2) is 14.4 Å². The Kier molecular flexibility index (Phi) is 11.2. The predicted molar refractivity (Wildman–Crippen MR) is 166 cm³/mol. The van der Waals surface area contributed by atoms with E-state index in [-0.39, 0.29) is 36.5 Å². The molecule has 4 rings (SSSR count). The Hall–Kier alpha value is -5.34. The van der Waals surface area contributed by atoms with E-state index in [1.807, 2.05) is 0 Å². The van der Waals surface area contributed by atoms with E-state index in [4.69, 9.17) is 14.2 Å². The van der Waals surface area contributed by atoms with Gasteiger partial charge in [-0.15, -0.1) is 0 Å². The molecule has 15 heteroatoms. The van der Waals surface area contributed by atoms with Gasteiger partial charge in [0.2, 0.25) is 0 Å². The summed E-state index contributed by atoms with van der Waals surface area (Å²) in [5, 5.41) is 0. The van der Waals surface area contributed by atoms with E-state index in [1.54, 1.807) is 0 Å². The highest BCUT2D eigenvalue weighted by Crippen LogP contribution is 2.57. The van der Waals surface area contributed by atoms with Gasteiger partial charge in [0.25, 0.3) is 0 Å². The maximum absolute atomic E-state index is 15.2. The van der Waals surface area contributed by atoms with Crippen molar-refractivity contribution >= 4 is 17.9 Å². The average Bonchev–Trinajstić information content (AvgIpc) is 3.06. The molecule has 0 amide bonds. The Morgan fingerprint density at radius 3 is 0.765 bits per heavy atom. The minimum atomic E-state index is -5.85. The summed E-state index contributed by atoms with van der Waals surface area (Å²) in [6.07, 6.45) is -17.6. The maximum atomic E-state index is 15.2. The van der Waals surface area contributed by atoms with Crippen molar-refractivity contribution in [3.05, 3.63) is 106 Å². The van der Waals surface area contributed by atoms with Crippen LogP contribution in [0.1, 0.15) is 68.5 Å². The maximum Gasteiger partial charge on any atom is 0.417 e. The fourth-order valence-electron chi connectivity index (χ4n) is 5.43. The van der Waals surface area contributed by atoms with Crippen LogP contribution in [0, 0.1) is 0 Å². The number of carbonyl (C=O) groups excluding carboxylic acids is 3. The molecule has 0 bridgehead atoms. The lowest BCUT2D eigenvalue weighted by atomic mass is 9.78. The average molecular weight is 727 g/mol. The number of alkyl halides is 9. The summed E-state index contributed by atoms with van der Waals surface area (Å²) >= 11 is 0. The van der Waals surface area contributed by atoms with Crippen molar-refractivity contribution < 1.29 is 68.1 Å². The van der Waals surface area contributed by atoms with Gasteiger partial charge in [-0.1, -0.05) is 36.4 Å². The Bertz CT molecular complexity index is 1660. The Balaban J connectivity index is 2.28. The third-order valence-electron chi connectivity index (χ3n) is 7.40. The molecule has 0 saturated carbocycles. The second-order valence-electron chi connectivity index (χ2n) is 10.6. The lowest BCUT2D eigenvalue weighted by Gasteiger charge is -2.30. The Morgan fingerprint density at radius 1 is 0.412 bits per heavy atom. The number of carbonyl (C=O) groups is 3. The Morgan fingerprint density at radius 2 is 0.608 bits per heavy atom. The van der Waals surface area contributed by atoms with Crippen LogP contribution in [0.15, 0.2) is 72.8 Å². The first kappa shape index (κ1) is 38.5. The number of benzene rings is 4. The summed E-state index contributed by atoms with van der Waals surface area (Å²) in [5.74, 6) is -2.85. The van der Waals surface area contributed by atoms with Crippen molar-refractivity contribution in [2.24, 2.45) is 0 Å². The number of halogens is 9. The monoisotopic (exact) mass is 726 g/mol. The van der Waals surface area contributed by atoms with E-state index < -0.39 is 86.5 Å². The molecule has 4 aromatic carbocycles. The van der Waals surface area contributed by atoms with Gasteiger partial charge < -0.3 is 14.2 Å². The highest BCUT2D eigenvalue weighted by atomic mass is 19.4. The molecule has 0 saturated heterocycles. The number of esters is 3. The zero-order valence-electron chi connectivity index (χ0n) is 26.9. The van der Waals surface area contributed by atoms with Gasteiger partial charge in [-0.05, 0) is 73.9 Å². The molecule has 0 aromatic heterocycles. The van der Waals surface area contributed by atoms with Crippen LogP contribution < -0.4 is 0 Å². The van der Waals surface area contributed by atoms with Gasteiger partial charge in [0.05, 0.1) is 53.2 Å². The summed E-state index contributed by atoms with van der Waals surface area (Å²) in [4.78, 5) is 36.7. The molecule has 0 N–H and O–H groups in total. The first-order valence-corrected chi connectivity index (χ1v) is 15.1. The first-order chi connectivity index (χ1) is 23.8. The predicted octanol–water partition coefficient (Wildman–Crippen LogP) is 10.3. The molecular formula is C36H27F9O6. The molecule has 0 atom stereocenters. The van der Waals surface area contributed by atoms with Crippen LogP contribution in [0.4, 0.5) is 39.5 Å². The molecule has 51 heavy (non-hydrogen) atoms. The van der Waals surface area contributed by atoms with Crippen LogP contribution >= 0.6 is 0 Å². The second kappa shape index (κ2) is 14.9. The van der Waals surface area contributed by atoms with E-state index >= 15 is 39.5 Å². The number of ether oxygens (including phenoxy) is 3. The lowest BCUT2D eigenvalue weighted by molar-refractivity contribution is -0.146. The van der Waals surface area contributed by atoms with Crippen LogP contribution in [0.5, 0.6) is 0 Å². The van der Waals surface area contributed by atoms with Gasteiger partial charge >= 0.3 is 36.4 Å². The van der Waals surface area contributed by atoms with Crippen LogP contribution in [-0.2, 0) is 32.7 Å². The molecule has 0 radical (unpaired) electrons. The molecule has 0 unspecified atom stereocenters. The minimum absolute atomic E-state index is 0.105. The molecule has 0 spiro atoms. The highest BCUT2D eigenvalue weighted by molar-refractivity contribution is 5.97. The van der Waals surface area contributed by atoms with Crippen molar-refractivity contribution in [2.45, 2.75) is 39.3 Å². The van der Waals surface area contributed by atoms with Gasteiger partial charge in [0.1, 0.15) is 0 Å². The van der Waals surface area contributed by atoms with Crippen molar-refractivity contribution in [3.63, 3.8) is 0 Å². The van der Waals surface area contributed by atoms with Crippen LogP contribution in [0.3, 0.4) is 0 Å². The summed E-state index contributed by atoms with van der Waals surface area (Å²) in [7, 11) is 0. The van der Waals surface area contributed by atoms with Crippen LogP contribution in [-0.4, -0.2) is 37.7 Å². The van der Waals surface area contributed by atoms with Crippen LogP contribution in [0.2, 0.25) is 0 Å². The molecule has 0 aliphatic heterocycles. The van der Waals surface area contributed by atoms with Gasteiger partial charge in [-0.3, -0.25) is 0 Å². The highest BCUT2D eigenvalue weighted by Gasteiger charge is 2.51. The molecular weight excluding hydrogens is 699 g/mol. The van der Waals surface area contributed by atoms with Crippen molar-refractivity contribution in [3.8, 4) is 33.4 Å². The fourth-order valence-corrected chi connectivity index (χ4v) is 5.43. The largest absolute Gasteiger partial charge is 0.462 e. The smallest absolute Gasteiger partial charge is 0.417 e. The van der Waals surface area contributed by atoms with Gasteiger partial charge in [0.15, 0.2) is 0 Å². The standard InChI is InChI=1S/C36H27F9O6/c1-4-49-31(46)22-13-7-19(8-14-22)25-28(34(37,38)39)26(20-9-15-23(16-10-20)32(47)50-5-2)30(36(43,44)45)27(29(25)35(40,41)42)21-11-17-24(18-12-21)33(48)51-6-3/h7-18H,4-6H2,1-3H3. The zero-order valence-corrected chi connectivity index (χ0v) is 26.9. The van der Waals surface area contributed by atoms with E-state index in [1.165, 1.54) is 20.8 Å². The lowest BCUT2D eigenvalue weighted by Crippen LogP contribution is -2.23. The summed E-state index contributed by atoms with van der Waals surface area (Å²) in [6, 6.07) is 9.71. The third-order valence-corrected chi connectivity index (χ3v) is 7.40. The molecule has 6 nitrogen and oxygen atoms in total. The van der Waals surface area contributed by atoms with Crippen molar-refractivity contribution in [1.29, 1.82) is 0 Å². The van der Waals surface area contributed by atoms with E-state index in [2.05, 4.69) is 0 Å². The van der Waals surface area contributed by atoms with Gasteiger partial charge in [0, 0.05) is 16.7 Å². The number of rotatable bonds is 9. The normalized spacial score (nSPS) is 12.0. The minimum Gasteiger partial charge on any atom is -0.462 e. The van der Waals surface area contributed by atoms with Gasteiger partial charge in [-0.2, -0.15) is 39.5 Å². The van der Waals surface area contributed by atoms with Crippen LogP contribution in [0.25, 0.3) is 33.4 Å². The number of hydrogen-bond acceptors (Lipinski definition) is 6. The molecule has 0 aliphatic carbocycles. The zero-order chi connectivity index (χ0) is 37.9. The molecule has 270 valence electrons. The Labute approximate surface area is 284 Å². The number of hydrogen-bond donors (Lipinski definition) is 0. The van der Waals surface area contributed by atoms with E-state index in [0.29, 0.717) is 0 Å². The first-order valence-electron chi connectivity index (χ1n) is 15.1. The second-order valence-corrected chi connectivity index (χ2v) is 10.6. The molecule has 0 aliphatic rings. The molecule has 0 fully saturated rings. The topological polar surface area (TPSA) is 78.9 Å². The van der Waals surface area contributed by atoms with E-state index in [0.717, 1.165) is 72.8 Å². The molecule has 0 heterocycles.